The molecule has 29 heavy (non-hydrogen) atoms. The molecule has 0 bridgehead atoms. The second-order valence-electron chi connectivity index (χ2n) is 6.09. The van der Waals surface area contributed by atoms with Gasteiger partial charge in [0, 0.05) is 6.54 Å². The van der Waals surface area contributed by atoms with Crippen LogP contribution in [-0.4, -0.2) is 45.2 Å². The molecule has 0 fully saturated rings. The number of hydrogen-bond donors (Lipinski definition) is 3. The van der Waals surface area contributed by atoms with Crippen molar-refractivity contribution in [2.24, 2.45) is 11.7 Å². The molecular weight excluding hydrogens is 400 g/mol. The van der Waals surface area contributed by atoms with Crippen molar-refractivity contribution in [3.8, 4) is 5.75 Å². The van der Waals surface area contributed by atoms with E-state index >= 15 is 0 Å². The summed E-state index contributed by atoms with van der Waals surface area (Å²) in [7, 11) is -2.56. The molecule has 2 rings (SSSR count). The van der Waals surface area contributed by atoms with Gasteiger partial charge in [-0.15, -0.1) is 0 Å². The highest BCUT2D eigenvalue weighted by molar-refractivity contribution is 7.89. The SMILES string of the molecule is COc1ccc(S(=O)(=O)NCC(C(=O)O)C(N)C(=O)OCc2ccccc2)cc1. The Morgan fingerprint density at radius 2 is 1.72 bits per heavy atom. The van der Waals surface area contributed by atoms with E-state index in [1.807, 2.05) is 0 Å². The lowest BCUT2D eigenvalue weighted by atomic mass is 10.0. The van der Waals surface area contributed by atoms with Crippen molar-refractivity contribution in [2.75, 3.05) is 13.7 Å². The third kappa shape index (κ3) is 6.28. The van der Waals surface area contributed by atoms with Crippen LogP contribution in [0.5, 0.6) is 5.75 Å². The van der Waals surface area contributed by atoms with Crippen LogP contribution < -0.4 is 15.2 Å². The minimum absolute atomic E-state index is 0.0721. The predicted octanol–water partition coefficient (Wildman–Crippen LogP) is 0.745. The maximum Gasteiger partial charge on any atom is 0.324 e. The molecule has 4 N–H and O–H groups in total. The lowest BCUT2D eigenvalue weighted by Gasteiger charge is -2.19. The zero-order chi connectivity index (χ0) is 21.4. The van der Waals surface area contributed by atoms with E-state index in [9.17, 15) is 23.1 Å². The normalized spacial score (nSPS) is 13.3. The van der Waals surface area contributed by atoms with Gasteiger partial charge in [-0.2, -0.15) is 0 Å². The molecule has 0 spiro atoms. The Balaban J connectivity index is 2.00. The van der Waals surface area contributed by atoms with Crippen molar-refractivity contribution in [1.29, 1.82) is 0 Å². The van der Waals surface area contributed by atoms with E-state index in [2.05, 4.69) is 4.72 Å². The molecule has 156 valence electrons. The predicted molar refractivity (Wildman–Crippen MR) is 104 cm³/mol. The van der Waals surface area contributed by atoms with Crippen LogP contribution in [0, 0.1) is 5.92 Å². The molecule has 2 aromatic carbocycles. The number of ether oxygens (including phenoxy) is 2. The number of esters is 1. The van der Waals surface area contributed by atoms with Gasteiger partial charge in [0.25, 0.3) is 0 Å². The number of rotatable bonds is 10. The van der Waals surface area contributed by atoms with Crippen LogP contribution in [0.1, 0.15) is 5.56 Å². The molecule has 0 amide bonds. The summed E-state index contributed by atoms with van der Waals surface area (Å²) >= 11 is 0. The van der Waals surface area contributed by atoms with Crippen molar-refractivity contribution >= 4 is 22.0 Å². The fourth-order valence-electron chi connectivity index (χ4n) is 2.39. The highest BCUT2D eigenvalue weighted by atomic mass is 32.2. The van der Waals surface area contributed by atoms with Crippen LogP contribution in [-0.2, 0) is 31.0 Å². The molecule has 0 aliphatic carbocycles. The van der Waals surface area contributed by atoms with Crippen LogP contribution in [0.3, 0.4) is 0 Å². The van der Waals surface area contributed by atoms with Gasteiger partial charge in [-0.3, -0.25) is 9.59 Å². The van der Waals surface area contributed by atoms with Crippen molar-refractivity contribution in [3.05, 3.63) is 60.2 Å². The van der Waals surface area contributed by atoms with Crippen molar-refractivity contribution < 1.29 is 32.6 Å². The summed E-state index contributed by atoms with van der Waals surface area (Å²) < 4.78 is 36.9. The Morgan fingerprint density at radius 3 is 2.28 bits per heavy atom. The summed E-state index contributed by atoms with van der Waals surface area (Å²) in [6.07, 6.45) is 0. The van der Waals surface area contributed by atoms with E-state index in [0.717, 1.165) is 0 Å². The van der Waals surface area contributed by atoms with Gasteiger partial charge in [0.15, 0.2) is 0 Å². The summed E-state index contributed by atoms with van der Waals surface area (Å²) in [6.45, 7) is -0.650. The fraction of sp³-hybridized carbons (Fsp3) is 0.263. The van der Waals surface area contributed by atoms with Gasteiger partial charge in [-0.25, -0.2) is 13.1 Å². The molecule has 2 unspecified atom stereocenters. The van der Waals surface area contributed by atoms with E-state index < -0.39 is 40.5 Å². The third-order valence-corrected chi connectivity index (χ3v) is 5.55. The number of nitrogens with two attached hydrogens (primary N) is 1. The standard InChI is InChI=1S/C19H22N2O7S/c1-27-14-7-9-15(10-8-14)29(25,26)21-11-16(18(22)23)17(20)19(24)28-12-13-5-3-2-4-6-13/h2-10,16-17,21H,11-12,20H2,1H3,(H,22,23). The number of nitrogens with one attached hydrogen (secondary N) is 1. The number of hydrogen-bond acceptors (Lipinski definition) is 7. The molecule has 2 aromatic rings. The molecule has 2 atom stereocenters. The topological polar surface area (TPSA) is 145 Å². The number of carbonyl (C=O) groups is 2. The van der Waals surface area contributed by atoms with Gasteiger partial charge in [0.2, 0.25) is 10.0 Å². The maximum absolute atomic E-state index is 12.4. The second kappa shape index (κ2) is 10.0. The number of aliphatic carboxylic acids is 1. The zero-order valence-electron chi connectivity index (χ0n) is 15.6. The van der Waals surface area contributed by atoms with E-state index in [-0.39, 0.29) is 11.5 Å². The van der Waals surface area contributed by atoms with E-state index in [1.165, 1.54) is 31.4 Å². The first-order chi connectivity index (χ1) is 13.7. The van der Waals surface area contributed by atoms with E-state index in [4.69, 9.17) is 15.2 Å². The van der Waals surface area contributed by atoms with E-state index in [1.54, 1.807) is 30.3 Å². The third-order valence-electron chi connectivity index (χ3n) is 4.11. The highest BCUT2D eigenvalue weighted by Crippen LogP contribution is 2.16. The molecule has 0 radical (unpaired) electrons. The zero-order valence-corrected chi connectivity index (χ0v) is 16.5. The lowest BCUT2D eigenvalue weighted by Crippen LogP contribution is -2.48. The number of carboxylic acid groups (broad SMARTS) is 1. The van der Waals surface area contributed by atoms with Crippen LogP contribution in [0.2, 0.25) is 0 Å². The van der Waals surface area contributed by atoms with Gasteiger partial charge in [-0.1, -0.05) is 30.3 Å². The first-order valence-electron chi connectivity index (χ1n) is 8.57. The minimum atomic E-state index is -4.00. The Bertz CT molecular complexity index is 931. The molecule has 0 saturated carbocycles. The molecule has 9 nitrogen and oxygen atoms in total. The quantitative estimate of drug-likeness (QED) is 0.476. The summed E-state index contributed by atoms with van der Waals surface area (Å²) in [4.78, 5) is 23.6. The monoisotopic (exact) mass is 422 g/mol. The van der Waals surface area contributed by atoms with Gasteiger partial charge in [0.1, 0.15) is 18.4 Å². The van der Waals surface area contributed by atoms with Crippen LogP contribution in [0.4, 0.5) is 0 Å². The molecule has 0 aliphatic rings. The summed E-state index contributed by atoms with van der Waals surface area (Å²) in [5.41, 5.74) is 6.43. The average Bonchev–Trinajstić information content (AvgIpc) is 2.72. The van der Waals surface area contributed by atoms with Crippen LogP contribution in [0.15, 0.2) is 59.5 Å². The van der Waals surface area contributed by atoms with Gasteiger partial charge < -0.3 is 20.3 Å². The maximum atomic E-state index is 12.4. The van der Waals surface area contributed by atoms with E-state index in [0.29, 0.717) is 11.3 Å². The summed E-state index contributed by atoms with van der Waals surface area (Å²) in [5.74, 6) is -3.40. The second-order valence-corrected chi connectivity index (χ2v) is 7.86. The van der Waals surface area contributed by atoms with Crippen LogP contribution in [0.25, 0.3) is 0 Å². The minimum Gasteiger partial charge on any atom is -0.497 e. The molecule has 0 saturated heterocycles. The number of sulfonamides is 1. The summed E-state index contributed by atoms with van der Waals surface area (Å²) in [5, 5.41) is 9.37. The first-order valence-corrected chi connectivity index (χ1v) is 10.1. The smallest absolute Gasteiger partial charge is 0.324 e. The number of carbonyl (C=O) groups excluding carboxylic acids is 1. The Morgan fingerprint density at radius 1 is 1.10 bits per heavy atom. The van der Waals surface area contributed by atoms with Crippen molar-refractivity contribution in [2.45, 2.75) is 17.5 Å². The van der Waals surface area contributed by atoms with Gasteiger partial charge in [0.05, 0.1) is 17.9 Å². The van der Waals surface area contributed by atoms with Crippen molar-refractivity contribution in [1.82, 2.24) is 4.72 Å². The molecular formula is C19H22N2O7S. The average molecular weight is 422 g/mol. The van der Waals surface area contributed by atoms with Gasteiger partial charge in [-0.05, 0) is 29.8 Å². The Hall–Kier alpha value is -2.95. The van der Waals surface area contributed by atoms with Gasteiger partial charge >= 0.3 is 11.9 Å². The molecule has 0 heterocycles. The number of carboxylic acids is 1. The number of benzene rings is 2. The Kier molecular flexibility index (Phi) is 7.71. The van der Waals surface area contributed by atoms with Crippen molar-refractivity contribution in [3.63, 3.8) is 0 Å². The lowest BCUT2D eigenvalue weighted by molar-refractivity contribution is -0.154. The number of methoxy groups -OCH3 is 1. The first kappa shape index (κ1) is 22.3. The molecule has 0 aliphatic heterocycles. The fourth-order valence-corrected chi connectivity index (χ4v) is 3.45. The Labute approximate surface area is 168 Å². The van der Waals surface area contributed by atoms with Crippen LogP contribution >= 0.6 is 0 Å². The summed E-state index contributed by atoms with van der Waals surface area (Å²) in [6, 6.07) is 12.8. The molecule has 10 heteroatoms. The molecule has 0 aromatic heterocycles. The largest absolute Gasteiger partial charge is 0.497 e. The highest BCUT2D eigenvalue weighted by Gasteiger charge is 2.33.